The van der Waals surface area contributed by atoms with Gasteiger partial charge in [0.05, 0.1) is 10.2 Å². The average molecular weight is 322 g/mol. The normalized spacial score (nSPS) is 11.7. The van der Waals surface area contributed by atoms with Crippen LogP contribution >= 0.6 is 11.3 Å². The third kappa shape index (κ3) is 2.96. The molecule has 0 saturated heterocycles. The van der Waals surface area contributed by atoms with E-state index < -0.39 is 0 Å². The van der Waals surface area contributed by atoms with Crippen LogP contribution in [0.1, 0.15) is 11.1 Å². The average Bonchev–Trinajstić information content (AvgIpc) is 2.97. The molecule has 0 unspecified atom stereocenters. The number of nitrogens with one attached hydrogen (secondary N) is 2. The van der Waals surface area contributed by atoms with E-state index in [4.69, 9.17) is 11.1 Å². The number of fused-ring (bicyclic) bond motifs is 1. The van der Waals surface area contributed by atoms with Crippen molar-refractivity contribution in [2.24, 2.45) is 5.73 Å². The van der Waals surface area contributed by atoms with E-state index in [9.17, 15) is 0 Å². The predicted molar refractivity (Wildman–Crippen MR) is 100 cm³/mol. The zero-order valence-corrected chi connectivity index (χ0v) is 13.9. The van der Waals surface area contributed by atoms with Gasteiger partial charge < -0.3 is 16.5 Å². The van der Waals surface area contributed by atoms with Crippen LogP contribution in [0.5, 0.6) is 0 Å². The molecule has 5 heteroatoms. The number of thiazole rings is 1. The zero-order valence-electron chi connectivity index (χ0n) is 13.1. The highest BCUT2D eigenvalue weighted by Crippen LogP contribution is 2.32. The second kappa shape index (κ2) is 6.22. The summed E-state index contributed by atoms with van der Waals surface area (Å²) in [5, 5.41) is 11.2. The summed E-state index contributed by atoms with van der Waals surface area (Å²) in [7, 11) is 1.88. The van der Waals surface area contributed by atoms with E-state index in [1.807, 2.05) is 19.2 Å². The standard InChI is InChI=1S/C18H18N4S/c1-11-3-4-13(15(20)7-8-19)9-14(11)12-5-6-16-17(10-12)23-18(21-2)22-16/h3-10,19H,20H2,1-2H3,(H,21,22). The molecule has 0 aliphatic carbocycles. The molecule has 0 fully saturated rings. The highest BCUT2D eigenvalue weighted by Gasteiger charge is 2.08. The number of nitrogens with two attached hydrogens (primary N) is 1. The second-order valence-electron chi connectivity index (χ2n) is 5.27. The molecule has 3 aromatic rings. The Bertz CT molecular complexity index is 909. The summed E-state index contributed by atoms with van der Waals surface area (Å²) in [5.41, 5.74) is 12.0. The fourth-order valence-corrected chi connectivity index (χ4v) is 3.36. The molecular formula is C18H18N4S. The molecule has 4 nitrogen and oxygen atoms in total. The third-order valence-corrected chi connectivity index (χ3v) is 4.78. The molecule has 0 radical (unpaired) electrons. The Morgan fingerprint density at radius 2 is 2.09 bits per heavy atom. The van der Waals surface area contributed by atoms with Crippen LogP contribution in [0, 0.1) is 12.3 Å². The monoisotopic (exact) mass is 322 g/mol. The van der Waals surface area contributed by atoms with E-state index in [0.29, 0.717) is 5.70 Å². The largest absolute Gasteiger partial charge is 0.398 e. The van der Waals surface area contributed by atoms with E-state index in [1.54, 1.807) is 17.4 Å². The minimum absolute atomic E-state index is 0.595. The first kappa shape index (κ1) is 15.2. The summed E-state index contributed by atoms with van der Waals surface area (Å²) in [6.07, 6.45) is 2.80. The van der Waals surface area contributed by atoms with Crippen LogP contribution in [0.4, 0.5) is 5.13 Å². The molecule has 0 atom stereocenters. The smallest absolute Gasteiger partial charge is 0.183 e. The SMILES string of the molecule is CNc1nc2ccc(-c3cc(C(N)=CC=N)ccc3C)cc2s1. The van der Waals surface area contributed by atoms with Gasteiger partial charge in [0.2, 0.25) is 0 Å². The summed E-state index contributed by atoms with van der Waals surface area (Å²) in [6, 6.07) is 12.4. The van der Waals surface area contributed by atoms with Gasteiger partial charge in [-0.3, -0.25) is 0 Å². The van der Waals surface area contributed by atoms with Crippen LogP contribution in [-0.4, -0.2) is 18.2 Å². The molecule has 0 bridgehead atoms. The van der Waals surface area contributed by atoms with Crippen LogP contribution in [-0.2, 0) is 0 Å². The van der Waals surface area contributed by atoms with Crippen LogP contribution in [0.2, 0.25) is 0 Å². The van der Waals surface area contributed by atoms with Gasteiger partial charge in [0.1, 0.15) is 0 Å². The molecule has 0 amide bonds. The molecule has 0 spiro atoms. The molecule has 0 aliphatic rings. The maximum absolute atomic E-state index is 7.16. The van der Waals surface area contributed by atoms with Gasteiger partial charge >= 0.3 is 0 Å². The van der Waals surface area contributed by atoms with Crippen LogP contribution < -0.4 is 11.1 Å². The summed E-state index contributed by atoms with van der Waals surface area (Å²) < 4.78 is 1.15. The molecular weight excluding hydrogens is 304 g/mol. The number of benzene rings is 2. The highest BCUT2D eigenvalue weighted by molar-refractivity contribution is 7.22. The first-order chi connectivity index (χ1) is 11.1. The highest BCUT2D eigenvalue weighted by atomic mass is 32.1. The van der Waals surface area contributed by atoms with E-state index in [2.05, 4.69) is 41.5 Å². The number of hydrogen-bond acceptors (Lipinski definition) is 5. The van der Waals surface area contributed by atoms with Crippen molar-refractivity contribution in [1.82, 2.24) is 4.98 Å². The zero-order chi connectivity index (χ0) is 16.4. The summed E-state index contributed by atoms with van der Waals surface area (Å²) in [4.78, 5) is 4.51. The second-order valence-corrected chi connectivity index (χ2v) is 6.30. The first-order valence-electron chi connectivity index (χ1n) is 7.28. The number of rotatable bonds is 4. The Hall–Kier alpha value is -2.66. The molecule has 2 aromatic carbocycles. The number of aryl methyl sites for hydroxylation is 1. The van der Waals surface area contributed by atoms with Crippen molar-refractivity contribution >= 4 is 38.6 Å². The third-order valence-electron chi connectivity index (χ3n) is 3.75. The fourth-order valence-electron chi connectivity index (χ4n) is 2.50. The Kier molecular flexibility index (Phi) is 4.12. The van der Waals surface area contributed by atoms with Crippen molar-refractivity contribution in [3.05, 3.63) is 53.6 Å². The number of allylic oxidation sites excluding steroid dienone is 1. The summed E-state index contributed by atoms with van der Waals surface area (Å²) >= 11 is 1.64. The lowest BCUT2D eigenvalue weighted by Crippen LogP contribution is -1.97. The topological polar surface area (TPSA) is 74.8 Å². The number of anilines is 1. The maximum Gasteiger partial charge on any atom is 0.183 e. The maximum atomic E-state index is 7.16. The van der Waals surface area contributed by atoms with Crippen molar-refractivity contribution in [2.45, 2.75) is 6.92 Å². The van der Waals surface area contributed by atoms with Crippen LogP contribution in [0.3, 0.4) is 0 Å². The summed E-state index contributed by atoms with van der Waals surface area (Å²) in [6.45, 7) is 2.09. The molecule has 116 valence electrons. The van der Waals surface area contributed by atoms with Crippen molar-refractivity contribution in [1.29, 1.82) is 5.41 Å². The van der Waals surface area contributed by atoms with Crippen molar-refractivity contribution in [2.75, 3.05) is 12.4 Å². The van der Waals surface area contributed by atoms with E-state index in [1.165, 1.54) is 11.8 Å². The molecule has 4 N–H and O–H groups in total. The van der Waals surface area contributed by atoms with Gasteiger partial charge in [0, 0.05) is 19.0 Å². The quantitative estimate of drug-likeness (QED) is 0.628. The summed E-state index contributed by atoms with van der Waals surface area (Å²) in [5.74, 6) is 0. The van der Waals surface area contributed by atoms with Gasteiger partial charge in [-0.15, -0.1) is 0 Å². The van der Waals surface area contributed by atoms with E-state index in [-0.39, 0.29) is 0 Å². The lowest BCUT2D eigenvalue weighted by atomic mass is 9.97. The number of hydrogen-bond donors (Lipinski definition) is 3. The Morgan fingerprint density at radius 1 is 1.26 bits per heavy atom. The van der Waals surface area contributed by atoms with Gasteiger partial charge in [-0.05, 0) is 53.5 Å². The minimum Gasteiger partial charge on any atom is -0.398 e. The van der Waals surface area contributed by atoms with Gasteiger partial charge in [-0.1, -0.05) is 29.5 Å². The van der Waals surface area contributed by atoms with Gasteiger partial charge in [-0.25, -0.2) is 4.98 Å². The Labute approximate surface area is 139 Å². The predicted octanol–water partition coefficient (Wildman–Crippen LogP) is 4.26. The molecule has 1 heterocycles. The van der Waals surface area contributed by atoms with Gasteiger partial charge in [0.25, 0.3) is 0 Å². The molecule has 3 rings (SSSR count). The lowest BCUT2D eigenvalue weighted by Gasteiger charge is -2.09. The Morgan fingerprint density at radius 3 is 2.83 bits per heavy atom. The molecule has 0 saturated carbocycles. The van der Waals surface area contributed by atoms with E-state index in [0.717, 1.165) is 32.0 Å². The van der Waals surface area contributed by atoms with Gasteiger partial charge in [-0.2, -0.15) is 0 Å². The Balaban J connectivity index is 2.11. The molecule has 23 heavy (non-hydrogen) atoms. The van der Waals surface area contributed by atoms with E-state index >= 15 is 0 Å². The number of aromatic nitrogens is 1. The molecule has 0 aliphatic heterocycles. The van der Waals surface area contributed by atoms with Crippen LogP contribution in [0.15, 0.2) is 42.5 Å². The van der Waals surface area contributed by atoms with Gasteiger partial charge in [0.15, 0.2) is 5.13 Å². The number of nitrogens with zero attached hydrogens (tertiary/aromatic N) is 1. The lowest BCUT2D eigenvalue weighted by molar-refractivity contribution is 1.41. The van der Waals surface area contributed by atoms with Crippen molar-refractivity contribution in [3.8, 4) is 11.1 Å². The first-order valence-corrected chi connectivity index (χ1v) is 8.10. The molecule has 1 aromatic heterocycles. The van der Waals surface area contributed by atoms with Crippen LogP contribution in [0.25, 0.3) is 27.0 Å². The van der Waals surface area contributed by atoms with Crippen molar-refractivity contribution in [3.63, 3.8) is 0 Å². The fraction of sp³-hybridized carbons (Fsp3) is 0.111. The van der Waals surface area contributed by atoms with Crippen molar-refractivity contribution < 1.29 is 0 Å². The minimum atomic E-state index is 0.595.